The first-order valence-electron chi connectivity index (χ1n) is 7.58. The zero-order chi connectivity index (χ0) is 19.4. The van der Waals surface area contributed by atoms with Crippen LogP contribution in [0, 0.1) is 5.82 Å². The Balaban J connectivity index is 1.63. The number of hydrogen-bond donors (Lipinski definition) is 2. The Morgan fingerprint density at radius 2 is 1.74 bits per heavy atom. The van der Waals surface area contributed by atoms with Gasteiger partial charge in [0.2, 0.25) is 0 Å². The Morgan fingerprint density at radius 3 is 2.44 bits per heavy atom. The van der Waals surface area contributed by atoms with Gasteiger partial charge in [-0.3, -0.25) is 20.4 Å². The largest absolute Gasteiger partial charge is 0.369 e. The second kappa shape index (κ2) is 7.79. The highest BCUT2D eigenvalue weighted by Crippen LogP contribution is 2.16. The summed E-state index contributed by atoms with van der Waals surface area (Å²) in [5.74, 6) is -1.84. The number of para-hydroxylation sites is 1. The molecule has 2 N–H and O–H groups in total. The van der Waals surface area contributed by atoms with Crippen molar-refractivity contribution in [2.24, 2.45) is 0 Å². The Morgan fingerprint density at radius 1 is 1.04 bits per heavy atom. The molecule has 2 amide bonds. The van der Waals surface area contributed by atoms with Crippen molar-refractivity contribution in [3.05, 3.63) is 75.4 Å². The summed E-state index contributed by atoms with van der Waals surface area (Å²) in [6.07, 6.45) is 0. The van der Waals surface area contributed by atoms with Gasteiger partial charge in [0.25, 0.3) is 11.8 Å². The van der Waals surface area contributed by atoms with Crippen molar-refractivity contribution in [3.63, 3.8) is 0 Å². The Bertz CT molecular complexity index is 1050. The van der Waals surface area contributed by atoms with Gasteiger partial charge in [-0.15, -0.1) is 0 Å². The molecule has 9 nitrogen and oxygen atoms in total. The van der Waals surface area contributed by atoms with Crippen molar-refractivity contribution in [2.75, 3.05) is 0 Å². The van der Waals surface area contributed by atoms with Crippen molar-refractivity contribution >= 4 is 23.4 Å². The first kappa shape index (κ1) is 18.3. The molecule has 2 aromatic carbocycles. The summed E-state index contributed by atoms with van der Waals surface area (Å²) in [5, 5.41) is 7.59. The van der Waals surface area contributed by atoms with Gasteiger partial charge in [-0.1, -0.05) is 23.7 Å². The van der Waals surface area contributed by atoms with Crippen LogP contribution in [0.5, 0.6) is 0 Å². The number of aromatic nitrogens is 4. The van der Waals surface area contributed by atoms with Crippen LogP contribution in [-0.2, 0) is 11.3 Å². The number of nitrogens with zero attached hydrogens (tertiary/aromatic N) is 4. The van der Waals surface area contributed by atoms with Gasteiger partial charge in [0.15, 0.2) is 0 Å². The summed E-state index contributed by atoms with van der Waals surface area (Å²) in [6.45, 7) is -0.479. The predicted octanol–water partition coefficient (Wildman–Crippen LogP) is 0.683. The molecule has 138 valence electrons. The lowest BCUT2D eigenvalue weighted by Crippen LogP contribution is -2.44. The molecule has 0 atom stereocenters. The zero-order valence-electron chi connectivity index (χ0n) is 13.6. The molecule has 3 rings (SSSR count). The van der Waals surface area contributed by atoms with E-state index in [1.807, 2.05) is 0 Å². The molecule has 0 aliphatic rings. The average molecular weight is 391 g/mol. The topological polar surface area (TPSA) is 111 Å². The number of tetrazole rings is 1. The minimum atomic E-state index is -0.709. The van der Waals surface area contributed by atoms with E-state index < -0.39 is 29.9 Å². The van der Waals surface area contributed by atoms with Crippen molar-refractivity contribution in [1.29, 1.82) is 0 Å². The minimum absolute atomic E-state index is 0.151. The van der Waals surface area contributed by atoms with Gasteiger partial charge < -0.3 is 0 Å². The molecule has 1 aromatic heterocycles. The fraction of sp³-hybridized carbons (Fsp3) is 0.0625. The van der Waals surface area contributed by atoms with Crippen LogP contribution in [0.25, 0.3) is 5.69 Å². The lowest BCUT2D eigenvalue weighted by molar-refractivity contribution is -0.122. The van der Waals surface area contributed by atoms with E-state index in [0.29, 0.717) is 10.7 Å². The van der Waals surface area contributed by atoms with Gasteiger partial charge in [-0.25, -0.2) is 9.18 Å². The van der Waals surface area contributed by atoms with E-state index in [-0.39, 0.29) is 5.56 Å². The highest BCUT2D eigenvalue weighted by atomic mass is 35.5. The van der Waals surface area contributed by atoms with Crippen molar-refractivity contribution < 1.29 is 14.0 Å². The molecule has 0 saturated heterocycles. The van der Waals surface area contributed by atoms with Crippen LogP contribution in [0.15, 0.2) is 53.3 Å². The van der Waals surface area contributed by atoms with Gasteiger partial charge in [0, 0.05) is 5.56 Å². The van der Waals surface area contributed by atoms with E-state index in [4.69, 9.17) is 11.6 Å². The zero-order valence-corrected chi connectivity index (χ0v) is 14.4. The van der Waals surface area contributed by atoms with Crippen molar-refractivity contribution in [3.8, 4) is 5.69 Å². The van der Waals surface area contributed by atoms with Crippen LogP contribution in [-0.4, -0.2) is 31.6 Å². The van der Waals surface area contributed by atoms with Crippen molar-refractivity contribution in [2.45, 2.75) is 6.54 Å². The van der Waals surface area contributed by atoms with Gasteiger partial charge in [0.1, 0.15) is 12.4 Å². The molecule has 0 unspecified atom stereocenters. The molecule has 0 bridgehead atoms. The number of hydrogen-bond acceptors (Lipinski definition) is 5. The van der Waals surface area contributed by atoms with E-state index in [1.165, 1.54) is 12.1 Å². The van der Waals surface area contributed by atoms with Crippen LogP contribution in [0.3, 0.4) is 0 Å². The normalized spacial score (nSPS) is 10.4. The van der Waals surface area contributed by atoms with Crippen LogP contribution in [0.2, 0.25) is 5.02 Å². The molecule has 0 saturated carbocycles. The molecule has 1 heterocycles. The third-order valence-electron chi connectivity index (χ3n) is 3.44. The molecular weight excluding hydrogens is 379 g/mol. The monoisotopic (exact) mass is 390 g/mol. The molecule has 0 fully saturated rings. The fourth-order valence-electron chi connectivity index (χ4n) is 2.12. The van der Waals surface area contributed by atoms with E-state index >= 15 is 0 Å². The summed E-state index contributed by atoms with van der Waals surface area (Å²) >= 11 is 6.01. The molecule has 0 aliphatic carbocycles. The van der Waals surface area contributed by atoms with E-state index in [2.05, 4.69) is 21.3 Å². The van der Waals surface area contributed by atoms with E-state index in [1.54, 1.807) is 24.3 Å². The van der Waals surface area contributed by atoms with Crippen LogP contribution in [0.1, 0.15) is 10.4 Å². The third kappa shape index (κ3) is 4.18. The number of halogens is 2. The van der Waals surface area contributed by atoms with Crippen LogP contribution < -0.4 is 16.5 Å². The number of benzene rings is 2. The predicted molar refractivity (Wildman–Crippen MR) is 92.6 cm³/mol. The number of carbonyl (C=O) groups is 2. The number of rotatable bonds is 4. The fourth-order valence-corrected chi connectivity index (χ4v) is 2.34. The molecule has 0 radical (unpaired) electrons. The minimum Gasteiger partial charge on any atom is -0.271 e. The van der Waals surface area contributed by atoms with Crippen LogP contribution in [0.4, 0.5) is 4.39 Å². The first-order chi connectivity index (χ1) is 13.0. The summed E-state index contributed by atoms with van der Waals surface area (Å²) < 4.78 is 14.6. The first-order valence-corrected chi connectivity index (χ1v) is 7.96. The molecular formula is C16H12ClFN6O3. The Labute approximate surface area is 156 Å². The third-order valence-corrected chi connectivity index (χ3v) is 3.75. The van der Waals surface area contributed by atoms with Gasteiger partial charge in [0.05, 0.1) is 10.7 Å². The quantitative estimate of drug-likeness (QED) is 0.636. The molecule has 0 aliphatic heterocycles. The van der Waals surface area contributed by atoms with E-state index in [0.717, 1.165) is 21.5 Å². The second-order valence-electron chi connectivity index (χ2n) is 5.29. The molecule has 11 heteroatoms. The van der Waals surface area contributed by atoms with Gasteiger partial charge >= 0.3 is 5.69 Å². The summed E-state index contributed by atoms with van der Waals surface area (Å²) in [4.78, 5) is 36.0. The smallest absolute Gasteiger partial charge is 0.271 e. The lowest BCUT2D eigenvalue weighted by atomic mass is 10.2. The highest BCUT2D eigenvalue weighted by Gasteiger charge is 2.14. The maximum absolute atomic E-state index is 12.8. The van der Waals surface area contributed by atoms with Gasteiger partial charge in [-0.05, 0) is 46.8 Å². The number of hydrazine groups is 1. The van der Waals surface area contributed by atoms with Gasteiger partial charge in [-0.2, -0.15) is 9.36 Å². The van der Waals surface area contributed by atoms with E-state index in [9.17, 15) is 18.8 Å². The molecule has 27 heavy (non-hydrogen) atoms. The summed E-state index contributed by atoms with van der Waals surface area (Å²) in [7, 11) is 0. The van der Waals surface area contributed by atoms with Crippen LogP contribution >= 0.6 is 11.6 Å². The Hall–Kier alpha value is -3.53. The maximum Gasteiger partial charge on any atom is 0.369 e. The Kier molecular flexibility index (Phi) is 5.27. The summed E-state index contributed by atoms with van der Waals surface area (Å²) in [5.41, 5.74) is 4.08. The SMILES string of the molecule is O=C(Cn1nnn(-c2ccccc2Cl)c1=O)NNC(=O)c1ccc(F)cc1. The van der Waals surface area contributed by atoms with Crippen molar-refractivity contribution in [1.82, 2.24) is 30.6 Å². The molecule has 0 spiro atoms. The summed E-state index contributed by atoms with van der Waals surface area (Å²) in [6, 6.07) is 11.3. The number of carbonyl (C=O) groups excluding carboxylic acids is 2. The lowest BCUT2D eigenvalue weighted by Gasteiger charge is -2.06. The highest BCUT2D eigenvalue weighted by molar-refractivity contribution is 6.32. The molecule has 3 aromatic rings. The number of amides is 2. The standard InChI is InChI=1S/C16H12ClFN6O3/c17-12-3-1-2-4-13(12)24-16(27)23(21-22-24)9-14(25)19-20-15(26)10-5-7-11(18)8-6-10/h1-8H,9H2,(H,19,25)(H,20,26). The average Bonchev–Trinajstić information content (AvgIpc) is 3.01. The maximum atomic E-state index is 12.8. The second-order valence-corrected chi connectivity index (χ2v) is 5.70. The number of nitrogens with one attached hydrogen (secondary N) is 2.